The standard InChI is InChI=1S/C11H21NO3/c1-4-14-7-8-15-11(13)9(2)12(3)10-5-6-10/h9-10H,4-8H2,1-3H3. The van der Waals surface area contributed by atoms with Crippen LogP contribution in [0.5, 0.6) is 0 Å². The third-order valence-electron chi connectivity index (χ3n) is 2.75. The van der Waals surface area contributed by atoms with E-state index in [4.69, 9.17) is 9.47 Å². The summed E-state index contributed by atoms with van der Waals surface area (Å²) in [7, 11) is 1.98. The molecular weight excluding hydrogens is 194 g/mol. The maximum absolute atomic E-state index is 11.6. The Morgan fingerprint density at radius 2 is 2.13 bits per heavy atom. The molecular formula is C11H21NO3. The quantitative estimate of drug-likeness (QED) is 0.470. The van der Waals surface area contributed by atoms with Crippen LogP contribution in [-0.4, -0.2) is 49.8 Å². The van der Waals surface area contributed by atoms with Crippen molar-refractivity contribution in [2.24, 2.45) is 0 Å². The maximum Gasteiger partial charge on any atom is 0.323 e. The fourth-order valence-electron chi connectivity index (χ4n) is 1.43. The molecule has 1 aliphatic rings. The lowest BCUT2D eigenvalue weighted by atomic mass is 10.3. The number of carbonyl (C=O) groups excluding carboxylic acids is 1. The van der Waals surface area contributed by atoms with Gasteiger partial charge in [-0.15, -0.1) is 0 Å². The summed E-state index contributed by atoms with van der Waals surface area (Å²) in [5.74, 6) is -0.149. The third kappa shape index (κ3) is 4.18. The molecule has 0 bridgehead atoms. The Bertz CT molecular complexity index is 204. The maximum atomic E-state index is 11.6. The molecule has 0 radical (unpaired) electrons. The monoisotopic (exact) mass is 215 g/mol. The van der Waals surface area contributed by atoms with E-state index < -0.39 is 0 Å². The summed E-state index contributed by atoms with van der Waals surface area (Å²) in [6.45, 7) is 5.32. The van der Waals surface area contributed by atoms with E-state index in [1.165, 1.54) is 12.8 Å². The molecule has 0 amide bonds. The Labute approximate surface area is 91.5 Å². The minimum atomic E-state index is -0.149. The van der Waals surface area contributed by atoms with Crippen LogP contribution in [0.3, 0.4) is 0 Å². The van der Waals surface area contributed by atoms with Crippen LogP contribution in [-0.2, 0) is 14.3 Å². The first kappa shape index (κ1) is 12.5. The molecule has 1 aliphatic carbocycles. The molecule has 0 aromatic heterocycles. The number of carbonyl (C=O) groups is 1. The Morgan fingerprint density at radius 1 is 1.47 bits per heavy atom. The van der Waals surface area contributed by atoms with Gasteiger partial charge in [0.1, 0.15) is 12.6 Å². The van der Waals surface area contributed by atoms with Crippen LogP contribution in [0.25, 0.3) is 0 Å². The highest BCUT2D eigenvalue weighted by Crippen LogP contribution is 2.27. The third-order valence-corrected chi connectivity index (χ3v) is 2.75. The van der Waals surface area contributed by atoms with Crippen LogP contribution in [0.4, 0.5) is 0 Å². The average molecular weight is 215 g/mol. The van der Waals surface area contributed by atoms with Crippen molar-refractivity contribution in [3.63, 3.8) is 0 Å². The van der Waals surface area contributed by atoms with Crippen molar-refractivity contribution < 1.29 is 14.3 Å². The summed E-state index contributed by atoms with van der Waals surface area (Å²) in [5.41, 5.74) is 0. The van der Waals surface area contributed by atoms with Gasteiger partial charge in [-0.25, -0.2) is 0 Å². The topological polar surface area (TPSA) is 38.8 Å². The second kappa shape index (κ2) is 6.08. The van der Waals surface area contributed by atoms with Crippen LogP contribution < -0.4 is 0 Å². The SMILES string of the molecule is CCOCCOC(=O)C(C)N(C)C1CC1. The zero-order chi connectivity index (χ0) is 11.3. The summed E-state index contributed by atoms with van der Waals surface area (Å²) in [6, 6.07) is 0.443. The number of hydrogen-bond acceptors (Lipinski definition) is 4. The number of rotatable bonds is 7. The van der Waals surface area contributed by atoms with Gasteiger partial charge in [-0.3, -0.25) is 9.69 Å². The molecule has 4 heteroatoms. The second-order valence-corrected chi connectivity index (χ2v) is 3.94. The van der Waals surface area contributed by atoms with Crippen molar-refractivity contribution in [1.82, 2.24) is 4.90 Å². The Morgan fingerprint density at radius 3 is 2.67 bits per heavy atom. The zero-order valence-corrected chi connectivity index (χ0v) is 9.86. The highest BCUT2D eigenvalue weighted by molar-refractivity contribution is 5.75. The minimum Gasteiger partial charge on any atom is -0.462 e. The number of hydrogen-bond donors (Lipinski definition) is 0. The first-order valence-corrected chi connectivity index (χ1v) is 5.63. The largest absolute Gasteiger partial charge is 0.462 e. The summed E-state index contributed by atoms with van der Waals surface area (Å²) < 4.78 is 10.2. The van der Waals surface area contributed by atoms with E-state index in [0.717, 1.165) is 0 Å². The van der Waals surface area contributed by atoms with Crippen LogP contribution in [0, 0.1) is 0 Å². The summed E-state index contributed by atoms with van der Waals surface area (Å²) in [4.78, 5) is 13.6. The Kier molecular flexibility index (Phi) is 5.05. The van der Waals surface area contributed by atoms with Crippen LogP contribution in [0.15, 0.2) is 0 Å². The molecule has 0 spiro atoms. The van der Waals surface area contributed by atoms with Gasteiger partial charge in [-0.2, -0.15) is 0 Å². The molecule has 0 aliphatic heterocycles. The molecule has 0 heterocycles. The minimum absolute atomic E-state index is 0.140. The van der Waals surface area contributed by atoms with Crippen LogP contribution in [0.2, 0.25) is 0 Å². The van der Waals surface area contributed by atoms with Gasteiger partial charge in [-0.1, -0.05) is 0 Å². The predicted octanol–water partition coefficient (Wildman–Crippen LogP) is 1.05. The van der Waals surface area contributed by atoms with E-state index in [2.05, 4.69) is 4.90 Å². The molecule has 4 nitrogen and oxygen atoms in total. The van der Waals surface area contributed by atoms with Gasteiger partial charge in [0.15, 0.2) is 0 Å². The van der Waals surface area contributed by atoms with E-state index >= 15 is 0 Å². The Hall–Kier alpha value is -0.610. The van der Waals surface area contributed by atoms with Gasteiger partial charge >= 0.3 is 5.97 Å². The first-order valence-electron chi connectivity index (χ1n) is 5.63. The molecule has 88 valence electrons. The van der Waals surface area contributed by atoms with Crippen molar-refractivity contribution in [2.45, 2.75) is 38.8 Å². The molecule has 0 aromatic carbocycles. The van der Waals surface area contributed by atoms with Crippen LogP contribution in [0.1, 0.15) is 26.7 Å². The summed E-state index contributed by atoms with van der Waals surface area (Å²) in [5, 5.41) is 0. The van der Waals surface area contributed by atoms with Gasteiger partial charge in [0.05, 0.1) is 6.61 Å². The molecule has 1 fully saturated rings. The average Bonchev–Trinajstić information content (AvgIpc) is 3.05. The van der Waals surface area contributed by atoms with Crippen molar-refractivity contribution >= 4 is 5.97 Å². The van der Waals surface area contributed by atoms with E-state index in [9.17, 15) is 4.79 Å². The highest BCUT2D eigenvalue weighted by atomic mass is 16.6. The molecule has 0 N–H and O–H groups in total. The summed E-state index contributed by atoms with van der Waals surface area (Å²) >= 11 is 0. The number of nitrogens with zero attached hydrogens (tertiary/aromatic N) is 1. The van der Waals surface area contributed by atoms with Gasteiger partial charge < -0.3 is 9.47 Å². The molecule has 0 saturated heterocycles. The molecule has 0 aromatic rings. The highest BCUT2D eigenvalue weighted by Gasteiger charge is 2.32. The fraction of sp³-hybridized carbons (Fsp3) is 0.909. The van der Waals surface area contributed by atoms with Gasteiger partial charge in [-0.05, 0) is 33.7 Å². The molecule has 15 heavy (non-hydrogen) atoms. The van der Waals surface area contributed by atoms with Crippen molar-refractivity contribution in [3.05, 3.63) is 0 Å². The Balaban J connectivity index is 2.14. The lowest BCUT2D eigenvalue weighted by Crippen LogP contribution is -2.39. The van der Waals surface area contributed by atoms with Crippen molar-refractivity contribution in [1.29, 1.82) is 0 Å². The molecule has 1 rings (SSSR count). The molecule has 1 atom stereocenters. The van der Waals surface area contributed by atoms with E-state index in [-0.39, 0.29) is 12.0 Å². The van der Waals surface area contributed by atoms with Gasteiger partial charge in [0.25, 0.3) is 0 Å². The number of likely N-dealkylation sites (N-methyl/N-ethyl adjacent to an activating group) is 1. The lowest BCUT2D eigenvalue weighted by Gasteiger charge is -2.22. The molecule has 1 saturated carbocycles. The number of esters is 1. The predicted molar refractivity (Wildman–Crippen MR) is 57.7 cm³/mol. The molecule has 1 unspecified atom stereocenters. The number of ether oxygens (including phenoxy) is 2. The van der Waals surface area contributed by atoms with E-state index in [1.54, 1.807) is 0 Å². The second-order valence-electron chi connectivity index (χ2n) is 3.94. The normalized spacial score (nSPS) is 17.9. The fourth-order valence-corrected chi connectivity index (χ4v) is 1.43. The van der Waals surface area contributed by atoms with Crippen LogP contribution >= 0.6 is 0 Å². The lowest BCUT2D eigenvalue weighted by molar-refractivity contribution is -0.150. The van der Waals surface area contributed by atoms with Gasteiger partial charge in [0, 0.05) is 12.6 Å². The summed E-state index contributed by atoms with van der Waals surface area (Å²) in [6.07, 6.45) is 2.40. The smallest absolute Gasteiger partial charge is 0.323 e. The van der Waals surface area contributed by atoms with Crippen molar-refractivity contribution in [3.8, 4) is 0 Å². The first-order chi connectivity index (χ1) is 7.16. The van der Waals surface area contributed by atoms with E-state index in [0.29, 0.717) is 25.9 Å². The zero-order valence-electron chi connectivity index (χ0n) is 9.86. The van der Waals surface area contributed by atoms with E-state index in [1.807, 2.05) is 20.9 Å². The van der Waals surface area contributed by atoms with Gasteiger partial charge in [0.2, 0.25) is 0 Å². The van der Waals surface area contributed by atoms with Crippen molar-refractivity contribution in [2.75, 3.05) is 26.9 Å².